The molecule has 0 saturated heterocycles. The van der Waals surface area contributed by atoms with Gasteiger partial charge < -0.3 is 14.4 Å². The number of nitrogens with zero attached hydrogens (tertiary/aromatic N) is 2. The van der Waals surface area contributed by atoms with Gasteiger partial charge in [0.05, 0.1) is 5.69 Å². The molecule has 0 N–H and O–H groups in total. The Hall–Kier alpha value is -7.30. The minimum atomic E-state index is -0.330. The van der Waals surface area contributed by atoms with Gasteiger partial charge in [-0.1, -0.05) is 183 Å². The first-order chi connectivity index (χ1) is 34.1. The first-order valence-electron chi connectivity index (χ1n) is 25.8. The van der Waals surface area contributed by atoms with Gasteiger partial charge in [-0.3, -0.25) is 0 Å². The molecule has 0 saturated carbocycles. The van der Waals surface area contributed by atoms with E-state index in [4.69, 9.17) is 4.74 Å². The number of fused-ring (bicyclic) bond motifs is 12. The van der Waals surface area contributed by atoms with Crippen molar-refractivity contribution in [2.75, 3.05) is 9.71 Å². The molecule has 4 heteroatoms. The summed E-state index contributed by atoms with van der Waals surface area (Å²) in [6, 6.07) is 64.8. The van der Waals surface area contributed by atoms with Crippen LogP contribution in [0.5, 0.6) is 11.5 Å². The van der Waals surface area contributed by atoms with Crippen LogP contribution in [0.4, 0.5) is 28.4 Å². The summed E-state index contributed by atoms with van der Waals surface area (Å²) < 4.78 is 7.14. The van der Waals surface area contributed by atoms with Gasteiger partial charge in [0.2, 0.25) is 0 Å². The Morgan fingerprint density at radius 1 is 0.437 bits per heavy atom. The van der Waals surface area contributed by atoms with E-state index in [1.807, 2.05) is 0 Å². The molecule has 9 aromatic carbocycles. The Morgan fingerprint density at radius 3 is 1.86 bits per heavy atom. The predicted octanol–water partition coefficient (Wildman–Crippen LogP) is 16.6. The van der Waals surface area contributed by atoms with Crippen molar-refractivity contribution < 1.29 is 4.74 Å². The molecular weight excluding hydrogens is 860 g/mol. The Kier molecular flexibility index (Phi) is 8.64. The van der Waals surface area contributed by atoms with Crippen LogP contribution in [0.2, 0.25) is 0 Å². The van der Waals surface area contributed by atoms with Crippen LogP contribution in [0.25, 0.3) is 44.2 Å². The fourth-order valence-corrected chi connectivity index (χ4v) is 13.8. The van der Waals surface area contributed by atoms with Gasteiger partial charge in [0.25, 0.3) is 0 Å². The second kappa shape index (κ2) is 14.4. The zero-order chi connectivity index (χ0) is 48.5. The second-order valence-corrected chi connectivity index (χ2v) is 23.6. The van der Waals surface area contributed by atoms with Crippen LogP contribution in [0.3, 0.4) is 0 Å². The van der Waals surface area contributed by atoms with Crippen molar-refractivity contribution in [2.24, 2.45) is 0 Å². The van der Waals surface area contributed by atoms with E-state index in [0.717, 1.165) is 23.6 Å². The van der Waals surface area contributed by atoms with E-state index >= 15 is 0 Å². The third kappa shape index (κ3) is 5.79. The molecule has 0 atom stereocenters. The van der Waals surface area contributed by atoms with Gasteiger partial charge in [0, 0.05) is 67.3 Å². The highest BCUT2D eigenvalue weighted by Gasteiger charge is 2.50. The monoisotopic (exact) mass is 918 g/mol. The Labute approximate surface area is 419 Å². The number of rotatable bonds is 3. The van der Waals surface area contributed by atoms with Gasteiger partial charge in [0.1, 0.15) is 11.5 Å². The molecular formula is C67H59BN2O. The molecule has 0 aromatic heterocycles. The van der Waals surface area contributed by atoms with Crippen LogP contribution in [-0.4, -0.2) is 6.85 Å². The molecule has 0 unspecified atom stereocenters. The summed E-state index contributed by atoms with van der Waals surface area (Å²) in [5.41, 5.74) is 25.3. The minimum absolute atomic E-state index is 0.0146. The van der Waals surface area contributed by atoms with E-state index in [-0.39, 0.29) is 28.5 Å². The number of para-hydroxylation sites is 2. The second-order valence-electron chi connectivity index (χ2n) is 23.6. The van der Waals surface area contributed by atoms with Crippen molar-refractivity contribution in [1.82, 2.24) is 0 Å². The maximum Gasteiger partial charge on any atom is 0.333 e. The summed E-state index contributed by atoms with van der Waals surface area (Å²) in [4.78, 5) is 5.42. The number of ether oxygens (including phenoxy) is 1. The van der Waals surface area contributed by atoms with E-state index in [1.54, 1.807) is 0 Å². The van der Waals surface area contributed by atoms with Crippen LogP contribution in [0.15, 0.2) is 170 Å². The summed E-state index contributed by atoms with van der Waals surface area (Å²) in [6.07, 6.45) is 2.31. The molecule has 9 aromatic rings. The van der Waals surface area contributed by atoms with Crippen molar-refractivity contribution >= 4 is 57.0 Å². The first-order valence-corrected chi connectivity index (χ1v) is 25.8. The molecule has 3 nitrogen and oxygen atoms in total. The number of hydrogen-bond acceptors (Lipinski definition) is 3. The molecule has 5 aliphatic rings. The molecule has 0 spiro atoms. The van der Waals surface area contributed by atoms with Crippen LogP contribution < -0.4 is 25.4 Å². The topological polar surface area (TPSA) is 15.7 Å². The molecule has 0 radical (unpaired) electrons. The number of benzene rings is 9. The van der Waals surface area contributed by atoms with Crippen molar-refractivity contribution in [3.8, 4) is 44.9 Å². The van der Waals surface area contributed by atoms with Crippen molar-refractivity contribution in [3.05, 3.63) is 209 Å². The maximum atomic E-state index is 7.14. The molecule has 3 heterocycles. The van der Waals surface area contributed by atoms with Crippen molar-refractivity contribution in [2.45, 2.75) is 96.8 Å². The van der Waals surface area contributed by atoms with Gasteiger partial charge in [-0.05, 0) is 133 Å². The zero-order valence-corrected chi connectivity index (χ0v) is 42.5. The summed E-state index contributed by atoms with van der Waals surface area (Å²) in [5.74, 6) is 1.85. The molecule has 346 valence electrons. The third-order valence-corrected chi connectivity index (χ3v) is 17.8. The summed E-state index contributed by atoms with van der Waals surface area (Å²) in [7, 11) is 0. The van der Waals surface area contributed by atoms with E-state index < -0.39 is 0 Å². The van der Waals surface area contributed by atoms with Gasteiger partial charge >= 0.3 is 6.85 Å². The van der Waals surface area contributed by atoms with Crippen LogP contribution in [-0.2, 0) is 21.7 Å². The number of anilines is 5. The van der Waals surface area contributed by atoms with E-state index in [2.05, 4.69) is 242 Å². The smallest absolute Gasteiger partial charge is 0.333 e. The highest BCUT2D eigenvalue weighted by atomic mass is 16.5. The highest BCUT2D eigenvalue weighted by Crippen LogP contribution is 2.58. The zero-order valence-electron chi connectivity index (χ0n) is 42.5. The fourth-order valence-electron chi connectivity index (χ4n) is 13.8. The lowest BCUT2D eigenvalue weighted by Crippen LogP contribution is -2.62. The molecule has 14 rings (SSSR count). The SMILES string of the molecule is Cc1cc2c(cc1N1c3cc4c(cc3B3c5c(cc6ccccc6c51)-c1cc5c(cc1N3c1ccccc1-c1ccccc1)C(C)(C)c1ccccc1-5)C(C)(C)c1ccccc1O4)C(C)(C)CCC2(C)C. The molecule has 71 heavy (non-hydrogen) atoms. The Bertz CT molecular complexity index is 3780. The lowest BCUT2D eigenvalue weighted by Gasteiger charge is -2.48. The van der Waals surface area contributed by atoms with Crippen molar-refractivity contribution in [3.63, 3.8) is 0 Å². The lowest BCUT2D eigenvalue weighted by atomic mass is 9.42. The van der Waals surface area contributed by atoms with Gasteiger partial charge in [0.15, 0.2) is 0 Å². The van der Waals surface area contributed by atoms with Crippen LogP contribution >= 0.6 is 0 Å². The van der Waals surface area contributed by atoms with E-state index in [1.165, 1.54) is 123 Å². The normalized spacial score (nSPS) is 17.5. The molecule has 3 aliphatic heterocycles. The summed E-state index contributed by atoms with van der Waals surface area (Å²) >= 11 is 0. The van der Waals surface area contributed by atoms with Crippen molar-refractivity contribution in [1.29, 1.82) is 0 Å². The Balaban J connectivity index is 1.16. The van der Waals surface area contributed by atoms with Crippen LogP contribution in [0.1, 0.15) is 107 Å². The Morgan fingerprint density at radius 2 is 1.07 bits per heavy atom. The average molecular weight is 919 g/mol. The molecule has 0 amide bonds. The van der Waals surface area contributed by atoms with Gasteiger partial charge in [-0.15, -0.1) is 0 Å². The molecule has 2 aliphatic carbocycles. The van der Waals surface area contributed by atoms with Crippen LogP contribution in [0, 0.1) is 6.92 Å². The maximum absolute atomic E-state index is 7.14. The van der Waals surface area contributed by atoms with E-state index in [0.29, 0.717) is 0 Å². The number of hydrogen-bond donors (Lipinski definition) is 0. The van der Waals surface area contributed by atoms with E-state index in [9.17, 15) is 0 Å². The van der Waals surface area contributed by atoms with Gasteiger partial charge in [-0.25, -0.2) is 0 Å². The lowest BCUT2D eigenvalue weighted by molar-refractivity contribution is 0.332. The fraction of sp³-hybridized carbons (Fsp3) is 0.224. The summed E-state index contributed by atoms with van der Waals surface area (Å²) in [5, 5.41) is 2.48. The number of aryl methyl sites for hydroxylation is 1. The largest absolute Gasteiger partial charge is 0.457 e. The molecule has 0 bridgehead atoms. The molecule has 0 fully saturated rings. The highest BCUT2D eigenvalue weighted by molar-refractivity contribution is 6.94. The quantitative estimate of drug-likeness (QED) is 0.164. The van der Waals surface area contributed by atoms with Gasteiger partial charge in [-0.2, -0.15) is 0 Å². The predicted molar refractivity (Wildman–Crippen MR) is 299 cm³/mol. The average Bonchev–Trinajstić information content (AvgIpc) is 3.59. The summed E-state index contributed by atoms with van der Waals surface area (Å²) in [6.45, 7) is 21.5. The third-order valence-electron chi connectivity index (χ3n) is 17.8. The minimum Gasteiger partial charge on any atom is -0.457 e. The first kappa shape index (κ1) is 42.6. The standard InChI is InChI=1S/C67H59BN2O/c1-40-33-52-53(65(4,5)32-31-64(52,2)3)38-57(40)69-59-39-61-54(67(8,9)50-28-18-20-30-60(50)71-61)36-55(59)68-62-48(34-42-23-13-14-25-44(42)63(62)69)47-35-46-45-26-15-17-27-49(45)66(6,7)51(46)37-58(47)70(68)56-29-19-16-24-43(56)41-21-11-10-12-22-41/h10-30,33-39H,31-32H2,1-9H3.